The number of benzene rings is 1. The summed E-state index contributed by atoms with van der Waals surface area (Å²) in [5, 5.41) is 14.1. The minimum Gasteiger partial charge on any atom is -0.378 e. The van der Waals surface area contributed by atoms with Crippen molar-refractivity contribution in [1.82, 2.24) is 15.1 Å². The number of nitrogens with zero attached hydrogens (tertiary/aromatic N) is 3. The predicted molar refractivity (Wildman–Crippen MR) is 72.8 cm³/mol. The third-order valence-electron chi connectivity index (χ3n) is 2.94. The molecule has 1 atom stereocenters. The molecule has 1 aromatic carbocycles. The van der Waals surface area contributed by atoms with Crippen molar-refractivity contribution >= 4 is 0 Å². The van der Waals surface area contributed by atoms with Crippen LogP contribution in [-0.4, -0.2) is 20.2 Å². The van der Waals surface area contributed by atoms with Crippen molar-refractivity contribution in [3.8, 4) is 11.5 Å². The molecule has 0 saturated heterocycles. The van der Waals surface area contributed by atoms with Crippen LogP contribution in [0.25, 0.3) is 11.5 Å². The second kappa shape index (κ2) is 5.22. The highest BCUT2D eigenvalue weighted by Gasteiger charge is 2.19. The standard InChI is InChI=1S/C15H13N3O2/c1-10-7-8-16-12(9-10)14-17-15(20-18-14)13(19)11-5-3-2-4-6-11/h2-9,13,19H,1H3. The van der Waals surface area contributed by atoms with E-state index in [-0.39, 0.29) is 5.89 Å². The van der Waals surface area contributed by atoms with Crippen molar-refractivity contribution in [1.29, 1.82) is 0 Å². The average Bonchev–Trinajstić information content (AvgIpc) is 2.97. The molecule has 0 aliphatic heterocycles. The fraction of sp³-hybridized carbons (Fsp3) is 0.133. The lowest BCUT2D eigenvalue weighted by Gasteiger charge is -2.04. The number of rotatable bonds is 3. The van der Waals surface area contributed by atoms with Crippen molar-refractivity contribution in [3.63, 3.8) is 0 Å². The number of pyridine rings is 1. The number of hydrogen-bond donors (Lipinski definition) is 1. The van der Waals surface area contributed by atoms with E-state index >= 15 is 0 Å². The van der Waals surface area contributed by atoms with Crippen LogP contribution in [0.15, 0.2) is 53.2 Å². The van der Waals surface area contributed by atoms with Crippen molar-refractivity contribution < 1.29 is 9.63 Å². The molecule has 0 amide bonds. The Morgan fingerprint density at radius 1 is 1.15 bits per heavy atom. The molecule has 20 heavy (non-hydrogen) atoms. The van der Waals surface area contributed by atoms with Crippen LogP contribution in [0.4, 0.5) is 0 Å². The largest absolute Gasteiger partial charge is 0.378 e. The summed E-state index contributed by atoms with van der Waals surface area (Å²) in [6.07, 6.45) is 0.760. The fourth-order valence-corrected chi connectivity index (χ4v) is 1.89. The first-order chi connectivity index (χ1) is 9.74. The first kappa shape index (κ1) is 12.5. The highest BCUT2D eigenvalue weighted by molar-refractivity contribution is 5.49. The summed E-state index contributed by atoms with van der Waals surface area (Å²) in [7, 11) is 0. The zero-order valence-corrected chi connectivity index (χ0v) is 10.9. The third kappa shape index (κ3) is 2.44. The molecule has 0 bridgehead atoms. The molecule has 0 fully saturated rings. The highest BCUT2D eigenvalue weighted by atomic mass is 16.5. The molecule has 1 N–H and O–H groups in total. The highest BCUT2D eigenvalue weighted by Crippen LogP contribution is 2.22. The minimum atomic E-state index is -0.928. The van der Waals surface area contributed by atoms with Crippen molar-refractivity contribution in [2.45, 2.75) is 13.0 Å². The van der Waals surface area contributed by atoms with Gasteiger partial charge in [0.25, 0.3) is 5.89 Å². The van der Waals surface area contributed by atoms with Gasteiger partial charge in [0.05, 0.1) is 0 Å². The van der Waals surface area contributed by atoms with Crippen molar-refractivity contribution in [2.24, 2.45) is 0 Å². The maximum atomic E-state index is 10.2. The second-order valence-electron chi connectivity index (χ2n) is 4.49. The Kier molecular flexibility index (Phi) is 3.26. The van der Waals surface area contributed by atoms with Gasteiger partial charge in [-0.3, -0.25) is 4.98 Å². The summed E-state index contributed by atoms with van der Waals surface area (Å²) in [6, 6.07) is 12.9. The normalized spacial score (nSPS) is 12.3. The van der Waals surface area contributed by atoms with Gasteiger partial charge >= 0.3 is 0 Å². The Balaban J connectivity index is 1.91. The van der Waals surface area contributed by atoms with Crippen LogP contribution in [0.5, 0.6) is 0 Å². The molecular weight excluding hydrogens is 254 g/mol. The van der Waals surface area contributed by atoms with E-state index in [4.69, 9.17) is 4.52 Å². The maximum Gasteiger partial charge on any atom is 0.260 e. The van der Waals surface area contributed by atoms with E-state index in [0.717, 1.165) is 5.56 Å². The van der Waals surface area contributed by atoms with Crippen LogP contribution in [0.3, 0.4) is 0 Å². The van der Waals surface area contributed by atoms with Crippen LogP contribution in [0, 0.1) is 6.92 Å². The van der Waals surface area contributed by atoms with Crippen LogP contribution < -0.4 is 0 Å². The Morgan fingerprint density at radius 2 is 1.95 bits per heavy atom. The molecule has 3 rings (SSSR count). The third-order valence-corrected chi connectivity index (χ3v) is 2.94. The van der Waals surface area contributed by atoms with Gasteiger partial charge in [-0.2, -0.15) is 4.98 Å². The van der Waals surface area contributed by atoms with E-state index in [2.05, 4.69) is 15.1 Å². The van der Waals surface area contributed by atoms with Crippen LogP contribution >= 0.6 is 0 Å². The minimum absolute atomic E-state index is 0.162. The van der Waals surface area contributed by atoms with Crippen molar-refractivity contribution in [2.75, 3.05) is 0 Å². The molecule has 3 aromatic rings. The van der Waals surface area contributed by atoms with Gasteiger partial charge in [0.1, 0.15) is 5.69 Å². The summed E-state index contributed by atoms with van der Waals surface area (Å²) in [5.41, 5.74) is 2.39. The zero-order valence-electron chi connectivity index (χ0n) is 10.9. The molecule has 1 unspecified atom stereocenters. The van der Waals surface area contributed by atoms with Gasteiger partial charge in [-0.1, -0.05) is 35.5 Å². The molecule has 0 saturated carbocycles. The van der Waals surface area contributed by atoms with Gasteiger partial charge in [0.2, 0.25) is 5.82 Å². The van der Waals surface area contributed by atoms with Crippen molar-refractivity contribution in [3.05, 3.63) is 65.7 Å². The van der Waals surface area contributed by atoms with Crippen LogP contribution in [-0.2, 0) is 0 Å². The van der Waals surface area contributed by atoms with Gasteiger partial charge in [-0.05, 0) is 30.2 Å². The lowest BCUT2D eigenvalue weighted by Crippen LogP contribution is -1.99. The molecule has 0 aliphatic rings. The SMILES string of the molecule is Cc1ccnc(-c2noc(C(O)c3ccccc3)n2)c1. The van der Waals surface area contributed by atoms with Crippen LogP contribution in [0.1, 0.15) is 23.1 Å². The summed E-state index contributed by atoms with van der Waals surface area (Å²) in [6.45, 7) is 1.96. The first-order valence-electron chi connectivity index (χ1n) is 6.23. The van der Waals surface area contributed by atoms with E-state index in [9.17, 15) is 5.11 Å². The molecule has 0 radical (unpaired) electrons. The van der Waals surface area contributed by atoms with E-state index in [1.807, 2.05) is 37.3 Å². The Labute approximate surface area is 115 Å². The number of hydrogen-bond acceptors (Lipinski definition) is 5. The Bertz CT molecular complexity index is 710. The average molecular weight is 267 g/mol. The monoisotopic (exact) mass is 267 g/mol. The smallest absolute Gasteiger partial charge is 0.260 e. The van der Waals surface area contributed by atoms with E-state index in [0.29, 0.717) is 17.1 Å². The first-order valence-corrected chi connectivity index (χ1v) is 6.23. The quantitative estimate of drug-likeness (QED) is 0.789. The number of aryl methyl sites for hydroxylation is 1. The molecule has 2 aromatic heterocycles. The van der Waals surface area contributed by atoms with E-state index < -0.39 is 6.10 Å². The topological polar surface area (TPSA) is 72.0 Å². The number of aliphatic hydroxyl groups excluding tert-OH is 1. The molecule has 5 nitrogen and oxygen atoms in total. The molecule has 100 valence electrons. The number of aromatic nitrogens is 3. The van der Waals surface area contributed by atoms with Gasteiger partial charge in [-0.15, -0.1) is 0 Å². The lowest BCUT2D eigenvalue weighted by atomic mass is 10.1. The van der Waals surface area contributed by atoms with E-state index in [1.54, 1.807) is 18.3 Å². The van der Waals surface area contributed by atoms with Crippen LogP contribution in [0.2, 0.25) is 0 Å². The summed E-state index contributed by atoms with van der Waals surface area (Å²) < 4.78 is 5.12. The molecule has 0 spiro atoms. The van der Waals surface area contributed by atoms with E-state index in [1.165, 1.54) is 0 Å². The van der Waals surface area contributed by atoms with Gasteiger partial charge < -0.3 is 9.63 Å². The predicted octanol–water partition coefficient (Wildman–Crippen LogP) is 2.52. The summed E-state index contributed by atoms with van der Waals surface area (Å²) in [5.74, 6) is 0.535. The maximum absolute atomic E-state index is 10.2. The lowest BCUT2D eigenvalue weighted by molar-refractivity contribution is 0.170. The number of aliphatic hydroxyl groups is 1. The molecule has 5 heteroatoms. The Morgan fingerprint density at radius 3 is 2.70 bits per heavy atom. The molecular formula is C15H13N3O2. The fourth-order valence-electron chi connectivity index (χ4n) is 1.89. The Hall–Kier alpha value is -2.53. The summed E-state index contributed by atoms with van der Waals surface area (Å²) >= 11 is 0. The van der Waals surface area contributed by atoms with Gasteiger partial charge in [0, 0.05) is 6.20 Å². The van der Waals surface area contributed by atoms with Gasteiger partial charge in [0.15, 0.2) is 6.10 Å². The molecule has 2 heterocycles. The zero-order chi connectivity index (χ0) is 13.9. The van der Waals surface area contributed by atoms with Gasteiger partial charge in [-0.25, -0.2) is 0 Å². The summed E-state index contributed by atoms with van der Waals surface area (Å²) in [4.78, 5) is 8.40. The second-order valence-corrected chi connectivity index (χ2v) is 4.49. The molecule has 0 aliphatic carbocycles.